The first-order chi connectivity index (χ1) is 12.6. The van der Waals surface area contributed by atoms with Crippen LogP contribution in [0.1, 0.15) is 33.5 Å². The first-order valence-electron chi connectivity index (χ1n) is 8.67. The van der Waals surface area contributed by atoms with E-state index in [1.165, 1.54) is 4.40 Å². The highest BCUT2D eigenvalue weighted by molar-refractivity contribution is 5.94. The fourth-order valence-electron chi connectivity index (χ4n) is 2.82. The lowest BCUT2D eigenvalue weighted by molar-refractivity contribution is 0.0949. The SMILES string of the molecule is Cc1ccc(CNC(=O)c2ccc3ccc(CCCO)cn3c2=O)cc1. The molecule has 3 aromatic rings. The van der Waals surface area contributed by atoms with Gasteiger partial charge in [0.2, 0.25) is 0 Å². The minimum absolute atomic E-state index is 0.106. The molecule has 1 aromatic carbocycles. The first-order valence-corrected chi connectivity index (χ1v) is 8.67. The van der Waals surface area contributed by atoms with Crippen molar-refractivity contribution in [1.82, 2.24) is 9.72 Å². The Balaban J connectivity index is 1.82. The van der Waals surface area contributed by atoms with E-state index in [0.29, 0.717) is 19.4 Å². The smallest absolute Gasteiger partial charge is 0.267 e. The van der Waals surface area contributed by atoms with Gasteiger partial charge in [-0.15, -0.1) is 0 Å². The number of aliphatic hydroxyl groups is 1. The second kappa shape index (κ2) is 7.97. The van der Waals surface area contributed by atoms with Gasteiger partial charge in [0.15, 0.2) is 0 Å². The lowest BCUT2D eigenvalue weighted by Crippen LogP contribution is -2.30. The van der Waals surface area contributed by atoms with Crippen molar-refractivity contribution in [2.24, 2.45) is 0 Å². The largest absolute Gasteiger partial charge is 0.396 e. The van der Waals surface area contributed by atoms with Crippen molar-refractivity contribution in [3.8, 4) is 0 Å². The van der Waals surface area contributed by atoms with Crippen molar-refractivity contribution in [1.29, 1.82) is 0 Å². The maximum atomic E-state index is 12.7. The van der Waals surface area contributed by atoms with Gasteiger partial charge < -0.3 is 10.4 Å². The molecule has 0 fully saturated rings. The molecule has 2 aromatic heterocycles. The summed E-state index contributed by atoms with van der Waals surface area (Å²) in [7, 11) is 0. The van der Waals surface area contributed by atoms with E-state index < -0.39 is 0 Å². The van der Waals surface area contributed by atoms with E-state index >= 15 is 0 Å². The molecule has 0 aliphatic rings. The van der Waals surface area contributed by atoms with Crippen molar-refractivity contribution in [2.75, 3.05) is 6.61 Å². The van der Waals surface area contributed by atoms with Crippen LogP contribution in [0, 0.1) is 6.92 Å². The van der Waals surface area contributed by atoms with Crippen LogP contribution in [0.3, 0.4) is 0 Å². The number of carbonyl (C=O) groups excluding carboxylic acids is 1. The van der Waals surface area contributed by atoms with Crippen LogP contribution in [-0.4, -0.2) is 22.0 Å². The number of rotatable bonds is 6. The summed E-state index contributed by atoms with van der Waals surface area (Å²) in [5.74, 6) is -0.384. The highest BCUT2D eigenvalue weighted by Crippen LogP contribution is 2.08. The van der Waals surface area contributed by atoms with Gasteiger partial charge in [-0.1, -0.05) is 35.9 Å². The van der Waals surface area contributed by atoms with Gasteiger partial charge in [0, 0.05) is 24.9 Å². The number of benzene rings is 1. The van der Waals surface area contributed by atoms with Crippen LogP contribution in [0.4, 0.5) is 0 Å². The average Bonchev–Trinajstić information content (AvgIpc) is 2.66. The molecule has 0 saturated heterocycles. The molecule has 0 unspecified atom stereocenters. The molecule has 5 heteroatoms. The Bertz CT molecular complexity index is 975. The summed E-state index contributed by atoms with van der Waals surface area (Å²) in [5, 5.41) is 11.8. The number of aryl methyl sites for hydroxylation is 2. The number of nitrogens with one attached hydrogen (secondary N) is 1. The molecule has 0 saturated carbocycles. The Morgan fingerprint density at radius 3 is 2.46 bits per heavy atom. The second-order valence-corrected chi connectivity index (χ2v) is 6.38. The molecule has 3 rings (SSSR count). The van der Waals surface area contributed by atoms with Gasteiger partial charge in [-0.2, -0.15) is 0 Å². The Kier molecular flexibility index (Phi) is 5.49. The van der Waals surface area contributed by atoms with Gasteiger partial charge >= 0.3 is 0 Å². The highest BCUT2D eigenvalue weighted by atomic mass is 16.3. The molecular weight excluding hydrogens is 328 g/mol. The van der Waals surface area contributed by atoms with E-state index in [0.717, 1.165) is 22.2 Å². The number of nitrogens with zero attached hydrogens (tertiary/aromatic N) is 1. The summed E-state index contributed by atoms with van der Waals surface area (Å²) < 4.78 is 1.49. The van der Waals surface area contributed by atoms with Crippen LogP contribution in [0.2, 0.25) is 0 Å². The third kappa shape index (κ3) is 4.00. The van der Waals surface area contributed by atoms with Gasteiger partial charge in [0.25, 0.3) is 11.5 Å². The van der Waals surface area contributed by atoms with E-state index in [9.17, 15) is 9.59 Å². The molecule has 26 heavy (non-hydrogen) atoms. The summed E-state index contributed by atoms with van der Waals surface area (Å²) >= 11 is 0. The fourth-order valence-corrected chi connectivity index (χ4v) is 2.82. The Morgan fingerprint density at radius 2 is 1.73 bits per heavy atom. The third-order valence-corrected chi connectivity index (χ3v) is 4.35. The monoisotopic (exact) mass is 350 g/mol. The summed E-state index contributed by atoms with van der Waals surface area (Å²) in [4.78, 5) is 25.2. The maximum absolute atomic E-state index is 12.7. The molecule has 5 nitrogen and oxygen atoms in total. The number of fused-ring (bicyclic) bond motifs is 1. The zero-order chi connectivity index (χ0) is 18.5. The van der Waals surface area contributed by atoms with Crippen molar-refractivity contribution >= 4 is 11.4 Å². The van der Waals surface area contributed by atoms with E-state index in [1.807, 2.05) is 43.3 Å². The zero-order valence-corrected chi connectivity index (χ0v) is 14.7. The van der Waals surface area contributed by atoms with Crippen molar-refractivity contribution < 1.29 is 9.90 Å². The summed E-state index contributed by atoms with van der Waals surface area (Å²) in [6.07, 6.45) is 3.06. The number of aliphatic hydroxyl groups excluding tert-OH is 1. The normalized spacial score (nSPS) is 10.8. The average molecular weight is 350 g/mol. The topological polar surface area (TPSA) is 70.8 Å². The van der Waals surface area contributed by atoms with Crippen LogP contribution >= 0.6 is 0 Å². The molecule has 0 atom stereocenters. The van der Waals surface area contributed by atoms with Gasteiger partial charge in [-0.3, -0.25) is 14.0 Å². The van der Waals surface area contributed by atoms with Crippen molar-refractivity contribution in [2.45, 2.75) is 26.3 Å². The summed E-state index contributed by atoms with van der Waals surface area (Å²) in [6, 6.07) is 15.0. The molecule has 2 N–H and O–H groups in total. The molecular formula is C21H22N2O3. The minimum Gasteiger partial charge on any atom is -0.396 e. The minimum atomic E-state index is -0.384. The molecule has 0 spiro atoms. The van der Waals surface area contributed by atoms with Crippen LogP contribution in [0.5, 0.6) is 0 Å². The van der Waals surface area contributed by atoms with E-state index in [1.54, 1.807) is 18.3 Å². The van der Waals surface area contributed by atoms with E-state index in [2.05, 4.69) is 5.32 Å². The number of hydrogen-bond acceptors (Lipinski definition) is 3. The lowest BCUT2D eigenvalue weighted by Gasteiger charge is -2.08. The Hall–Kier alpha value is -2.92. The van der Waals surface area contributed by atoms with E-state index in [4.69, 9.17) is 5.11 Å². The quantitative estimate of drug-likeness (QED) is 0.717. The molecule has 134 valence electrons. The third-order valence-electron chi connectivity index (χ3n) is 4.35. The zero-order valence-electron chi connectivity index (χ0n) is 14.7. The second-order valence-electron chi connectivity index (χ2n) is 6.38. The fraction of sp³-hybridized carbons (Fsp3) is 0.238. The number of pyridine rings is 2. The maximum Gasteiger partial charge on any atom is 0.267 e. The predicted molar refractivity (Wildman–Crippen MR) is 101 cm³/mol. The number of aromatic nitrogens is 1. The molecule has 0 bridgehead atoms. The molecule has 2 heterocycles. The van der Waals surface area contributed by atoms with Crippen LogP contribution in [0.25, 0.3) is 5.52 Å². The molecule has 0 aliphatic carbocycles. The van der Waals surface area contributed by atoms with Gasteiger partial charge in [-0.05, 0) is 49.1 Å². The predicted octanol–water partition coefficient (Wildman–Crippen LogP) is 2.46. The molecule has 1 amide bonds. The summed E-state index contributed by atoms with van der Waals surface area (Å²) in [5.41, 5.74) is 3.60. The lowest BCUT2D eigenvalue weighted by atomic mass is 10.1. The first kappa shape index (κ1) is 17.9. The number of carbonyl (C=O) groups is 1. The van der Waals surface area contributed by atoms with Gasteiger partial charge in [0.1, 0.15) is 5.56 Å². The molecule has 0 aliphatic heterocycles. The van der Waals surface area contributed by atoms with Gasteiger partial charge in [-0.25, -0.2) is 0 Å². The highest BCUT2D eigenvalue weighted by Gasteiger charge is 2.12. The standard InChI is InChI=1S/C21H22N2O3/c1-15-4-6-16(7-5-15)13-22-20(25)19-11-10-18-9-8-17(3-2-12-24)14-23(18)21(19)26/h4-11,14,24H,2-3,12-13H2,1H3,(H,22,25). The van der Waals surface area contributed by atoms with Crippen LogP contribution in [-0.2, 0) is 13.0 Å². The van der Waals surface area contributed by atoms with Crippen molar-refractivity contribution in [3.05, 3.63) is 87.3 Å². The van der Waals surface area contributed by atoms with E-state index in [-0.39, 0.29) is 23.6 Å². The Morgan fingerprint density at radius 1 is 1.04 bits per heavy atom. The number of amides is 1. The van der Waals surface area contributed by atoms with Crippen LogP contribution < -0.4 is 10.9 Å². The van der Waals surface area contributed by atoms with Crippen LogP contribution in [0.15, 0.2) is 59.5 Å². The van der Waals surface area contributed by atoms with Crippen molar-refractivity contribution in [3.63, 3.8) is 0 Å². The molecule has 0 radical (unpaired) electrons. The number of hydrogen-bond donors (Lipinski definition) is 2. The Labute approximate surface area is 151 Å². The summed E-state index contributed by atoms with van der Waals surface area (Å²) in [6.45, 7) is 2.49. The van der Waals surface area contributed by atoms with Gasteiger partial charge in [0.05, 0.1) is 0 Å².